The Labute approximate surface area is 122 Å². The van der Waals surface area contributed by atoms with Crippen molar-refractivity contribution in [2.45, 2.75) is 0 Å². The van der Waals surface area contributed by atoms with Crippen LogP contribution in [0.25, 0.3) is 0 Å². The molecule has 2 N–H and O–H groups in total. The second kappa shape index (κ2) is 7.04. The number of hydrogen-bond donors (Lipinski definition) is 2. The molecule has 1 heterocycles. The molecule has 21 heavy (non-hydrogen) atoms. The highest BCUT2D eigenvalue weighted by Crippen LogP contribution is 2.25. The molecule has 0 atom stereocenters. The molecule has 1 aromatic carbocycles. The molecule has 0 radical (unpaired) electrons. The van der Waals surface area contributed by atoms with Gasteiger partial charge in [0.05, 0.1) is 25.2 Å². The van der Waals surface area contributed by atoms with Crippen LogP contribution >= 0.6 is 0 Å². The molecule has 0 bridgehead atoms. The van der Waals surface area contributed by atoms with E-state index in [2.05, 4.69) is 27.2 Å². The summed E-state index contributed by atoms with van der Waals surface area (Å²) in [6.07, 6.45) is 4.51. The van der Waals surface area contributed by atoms with Gasteiger partial charge in [-0.2, -0.15) is 0 Å². The highest BCUT2D eigenvalue weighted by Gasteiger charge is 2.07. The molecular formula is C15H16N4O2. The van der Waals surface area contributed by atoms with Crippen LogP contribution in [0.2, 0.25) is 0 Å². The summed E-state index contributed by atoms with van der Waals surface area (Å²) < 4.78 is 5.24. The van der Waals surface area contributed by atoms with E-state index in [-0.39, 0.29) is 11.6 Å². The lowest BCUT2D eigenvalue weighted by Gasteiger charge is -2.10. The van der Waals surface area contributed by atoms with Gasteiger partial charge in [-0.3, -0.25) is 4.79 Å². The molecule has 0 aliphatic carbocycles. The third-order valence-electron chi connectivity index (χ3n) is 2.66. The number of anilines is 2. The lowest BCUT2D eigenvalue weighted by molar-refractivity contribution is 0.0952. The predicted octanol–water partition coefficient (Wildman–Crippen LogP) is 2.14. The molecule has 2 rings (SSSR count). The number of carbonyl (C=O) groups is 1. The van der Waals surface area contributed by atoms with Crippen LogP contribution in [-0.4, -0.2) is 29.5 Å². The molecule has 0 saturated heterocycles. The average molecular weight is 284 g/mol. The summed E-state index contributed by atoms with van der Waals surface area (Å²) in [5.74, 6) is 0.943. The number of rotatable bonds is 6. The first kappa shape index (κ1) is 14.5. The second-order valence-corrected chi connectivity index (χ2v) is 4.11. The normalized spacial score (nSPS) is 9.76. The number of amides is 1. The molecular weight excluding hydrogens is 268 g/mol. The number of nitrogens with zero attached hydrogens (tertiary/aromatic N) is 2. The molecule has 1 amide bonds. The number of hydrogen-bond acceptors (Lipinski definition) is 5. The number of carbonyl (C=O) groups excluding carboxylic acids is 1. The van der Waals surface area contributed by atoms with E-state index in [1.165, 1.54) is 12.4 Å². The Morgan fingerprint density at radius 2 is 2.14 bits per heavy atom. The fourth-order valence-corrected chi connectivity index (χ4v) is 1.65. The van der Waals surface area contributed by atoms with E-state index in [4.69, 9.17) is 4.74 Å². The summed E-state index contributed by atoms with van der Waals surface area (Å²) in [7, 11) is 1.60. The number of nitrogens with one attached hydrogen (secondary N) is 2. The molecule has 6 nitrogen and oxygen atoms in total. The lowest BCUT2D eigenvalue weighted by Crippen LogP contribution is -2.24. The summed E-state index contributed by atoms with van der Waals surface area (Å²) in [5.41, 5.74) is 1.03. The highest BCUT2D eigenvalue weighted by atomic mass is 16.5. The van der Waals surface area contributed by atoms with Crippen molar-refractivity contribution < 1.29 is 9.53 Å². The van der Waals surface area contributed by atoms with Crippen LogP contribution in [0.3, 0.4) is 0 Å². The van der Waals surface area contributed by atoms with Gasteiger partial charge in [0.1, 0.15) is 17.3 Å². The number of benzene rings is 1. The topological polar surface area (TPSA) is 76.1 Å². The van der Waals surface area contributed by atoms with Crippen LogP contribution < -0.4 is 15.4 Å². The van der Waals surface area contributed by atoms with Crippen LogP contribution in [0.5, 0.6) is 5.75 Å². The van der Waals surface area contributed by atoms with Crippen LogP contribution in [0.1, 0.15) is 10.5 Å². The molecule has 0 unspecified atom stereocenters. The Morgan fingerprint density at radius 3 is 2.81 bits per heavy atom. The Hall–Kier alpha value is -2.89. The van der Waals surface area contributed by atoms with Crippen molar-refractivity contribution in [1.82, 2.24) is 15.3 Å². The van der Waals surface area contributed by atoms with Crippen LogP contribution in [0.4, 0.5) is 11.5 Å². The van der Waals surface area contributed by atoms with Crippen molar-refractivity contribution >= 4 is 17.4 Å². The monoisotopic (exact) mass is 284 g/mol. The first-order valence-corrected chi connectivity index (χ1v) is 6.35. The maximum atomic E-state index is 11.7. The van der Waals surface area contributed by atoms with E-state index in [0.29, 0.717) is 18.1 Å². The third kappa shape index (κ3) is 3.79. The number of aromatic nitrogens is 2. The molecule has 2 aromatic rings. The van der Waals surface area contributed by atoms with Crippen LogP contribution in [0.15, 0.2) is 49.3 Å². The van der Waals surface area contributed by atoms with Crippen molar-refractivity contribution in [2.24, 2.45) is 0 Å². The molecule has 0 spiro atoms. The van der Waals surface area contributed by atoms with Crippen LogP contribution in [-0.2, 0) is 0 Å². The van der Waals surface area contributed by atoms with Crippen molar-refractivity contribution in [3.05, 3.63) is 55.0 Å². The zero-order valence-electron chi connectivity index (χ0n) is 11.7. The minimum atomic E-state index is -0.286. The Balaban J connectivity index is 2.09. The number of ether oxygens (including phenoxy) is 1. The third-order valence-corrected chi connectivity index (χ3v) is 2.66. The van der Waals surface area contributed by atoms with Crippen molar-refractivity contribution in [3.8, 4) is 5.75 Å². The zero-order valence-corrected chi connectivity index (χ0v) is 11.7. The maximum Gasteiger partial charge on any atom is 0.271 e. The molecule has 0 fully saturated rings. The van der Waals surface area contributed by atoms with Gasteiger partial charge in [0.25, 0.3) is 5.91 Å². The van der Waals surface area contributed by atoms with E-state index in [1.54, 1.807) is 13.2 Å². The zero-order chi connectivity index (χ0) is 15.1. The summed E-state index contributed by atoms with van der Waals surface area (Å²) in [5, 5.41) is 5.72. The maximum absolute atomic E-state index is 11.7. The average Bonchev–Trinajstić information content (AvgIpc) is 2.54. The fraction of sp³-hybridized carbons (Fsp3) is 0.133. The van der Waals surface area contributed by atoms with Gasteiger partial charge in [0.15, 0.2) is 0 Å². The van der Waals surface area contributed by atoms with Gasteiger partial charge < -0.3 is 15.4 Å². The Bertz CT molecular complexity index is 626. The number of methoxy groups -OCH3 is 1. The van der Waals surface area contributed by atoms with Gasteiger partial charge >= 0.3 is 0 Å². The van der Waals surface area contributed by atoms with Gasteiger partial charge in [0, 0.05) is 6.54 Å². The van der Waals surface area contributed by atoms with Crippen molar-refractivity contribution in [2.75, 3.05) is 19.0 Å². The molecule has 108 valence electrons. The van der Waals surface area contributed by atoms with Gasteiger partial charge in [-0.25, -0.2) is 9.97 Å². The predicted molar refractivity (Wildman–Crippen MR) is 80.8 cm³/mol. The first-order chi connectivity index (χ1) is 10.2. The van der Waals surface area contributed by atoms with E-state index in [0.717, 1.165) is 5.69 Å². The van der Waals surface area contributed by atoms with Crippen molar-refractivity contribution in [1.29, 1.82) is 0 Å². The van der Waals surface area contributed by atoms with Gasteiger partial charge in [-0.15, -0.1) is 6.58 Å². The first-order valence-electron chi connectivity index (χ1n) is 6.35. The van der Waals surface area contributed by atoms with E-state index < -0.39 is 0 Å². The Kier molecular flexibility index (Phi) is 4.87. The lowest BCUT2D eigenvalue weighted by atomic mass is 10.3. The summed E-state index contributed by atoms with van der Waals surface area (Å²) in [6.45, 7) is 3.92. The minimum Gasteiger partial charge on any atom is -0.495 e. The van der Waals surface area contributed by atoms with Gasteiger partial charge in [0.2, 0.25) is 0 Å². The quantitative estimate of drug-likeness (QED) is 0.795. The molecule has 0 aliphatic rings. The molecule has 0 aliphatic heterocycles. The Morgan fingerprint density at radius 1 is 1.33 bits per heavy atom. The summed E-state index contributed by atoms with van der Waals surface area (Å²) in [6, 6.07) is 7.47. The molecule has 6 heteroatoms. The van der Waals surface area contributed by atoms with Crippen molar-refractivity contribution in [3.63, 3.8) is 0 Å². The van der Waals surface area contributed by atoms with Crippen LogP contribution in [0, 0.1) is 0 Å². The highest BCUT2D eigenvalue weighted by molar-refractivity contribution is 5.92. The smallest absolute Gasteiger partial charge is 0.271 e. The van der Waals surface area contributed by atoms with Gasteiger partial charge in [-0.05, 0) is 12.1 Å². The largest absolute Gasteiger partial charge is 0.495 e. The van der Waals surface area contributed by atoms with E-state index in [9.17, 15) is 4.79 Å². The van der Waals surface area contributed by atoms with Gasteiger partial charge in [-0.1, -0.05) is 18.2 Å². The minimum absolute atomic E-state index is 0.252. The molecule has 0 saturated carbocycles. The summed E-state index contributed by atoms with van der Waals surface area (Å²) >= 11 is 0. The fourth-order valence-electron chi connectivity index (χ4n) is 1.65. The molecule has 1 aromatic heterocycles. The standard InChI is InChI=1S/C15H16N4O2/c1-3-8-16-15(20)12-9-18-14(10-17-12)19-11-6-4-5-7-13(11)21-2/h3-7,9-10H,1,8H2,2H3,(H,16,20)(H,18,19). The summed E-state index contributed by atoms with van der Waals surface area (Å²) in [4.78, 5) is 19.9. The van der Waals surface area contributed by atoms with E-state index in [1.807, 2.05) is 24.3 Å². The second-order valence-electron chi connectivity index (χ2n) is 4.11. The van der Waals surface area contributed by atoms with E-state index >= 15 is 0 Å². The SMILES string of the molecule is C=CCNC(=O)c1cnc(Nc2ccccc2OC)cn1. The number of para-hydroxylation sites is 2.